The molecule has 5 heteroatoms. The topological polar surface area (TPSA) is 55.8 Å². The molecule has 15 heavy (non-hydrogen) atoms. The van der Waals surface area contributed by atoms with Gasteiger partial charge in [-0.05, 0) is 12.8 Å². The summed E-state index contributed by atoms with van der Waals surface area (Å²) in [5, 5.41) is 0. The van der Waals surface area contributed by atoms with Gasteiger partial charge in [0, 0.05) is 26.4 Å². The highest BCUT2D eigenvalue weighted by Gasteiger charge is 2.25. The molecule has 0 spiro atoms. The van der Waals surface area contributed by atoms with Crippen LogP contribution in [0.25, 0.3) is 0 Å². The molecule has 1 aliphatic rings. The van der Waals surface area contributed by atoms with Crippen LogP contribution in [0.1, 0.15) is 26.7 Å². The molecule has 0 N–H and O–H groups in total. The fraction of sp³-hybridized carbons (Fsp3) is 0.800. The molecule has 1 atom stereocenters. The van der Waals surface area contributed by atoms with E-state index in [4.69, 9.17) is 9.47 Å². The number of rotatable bonds is 4. The van der Waals surface area contributed by atoms with Crippen molar-refractivity contribution in [3.05, 3.63) is 0 Å². The van der Waals surface area contributed by atoms with Crippen LogP contribution < -0.4 is 0 Å². The van der Waals surface area contributed by atoms with Crippen molar-refractivity contribution in [2.75, 3.05) is 19.9 Å². The predicted molar refractivity (Wildman–Crippen MR) is 53.0 cm³/mol. The van der Waals surface area contributed by atoms with Crippen molar-refractivity contribution in [2.45, 2.75) is 32.7 Å². The highest BCUT2D eigenvalue weighted by molar-refractivity contribution is 5.66. The Bertz CT molecular complexity index is 218. The van der Waals surface area contributed by atoms with Gasteiger partial charge in [-0.15, -0.1) is 0 Å². The molecule has 5 nitrogen and oxygen atoms in total. The maximum atomic E-state index is 10.6. The summed E-state index contributed by atoms with van der Waals surface area (Å²) in [5.74, 6) is -0.553. The van der Waals surface area contributed by atoms with E-state index in [1.807, 2.05) is 4.90 Å². The number of likely N-dealkylation sites (tertiary alicyclic amines) is 1. The van der Waals surface area contributed by atoms with E-state index in [9.17, 15) is 9.59 Å². The number of hydrogen-bond acceptors (Lipinski definition) is 5. The Morgan fingerprint density at radius 2 is 1.93 bits per heavy atom. The van der Waals surface area contributed by atoms with Gasteiger partial charge in [-0.1, -0.05) is 0 Å². The van der Waals surface area contributed by atoms with Gasteiger partial charge < -0.3 is 9.47 Å². The van der Waals surface area contributed by atoms with Crippen molar-refractivity contribution in [2.24, 2.45) is 0 Å². The molecule has 0 aromatic carbocycles. The van der Waals surface area contributed by atoms with Gasteiger partial charge >= 0.3 is 11.9 Å². The third-order valence-corrected chi connectivity index (χ3v) is 2.41. The number of esters is 2. The van der Waals surface area contributed by atoms with Crippen LogP contribution in [-0.4, -0.2) is 42.8 Å². The lowest BCUT2D eigenvalue weighted by molar-refractivity contribution is -0.149. The van der Waals surface area contributed by atoms with E-state index in [1.54, 1.807) is 0 Å². The average Bonchev–Trinajstić information content (AvgIpc) is 2.58. The average molecular weight is 215 g/mol. The molecule has 86 valence electrons. The zero-order valence-electron chi connectivity index (χ0n) is 9.19. The first-order valence-corrected chi connectivity index (χ1v) is 5.10. The van der Waals surface area contributed by atoms with Gasteiger partial charge in [0.25, 0.3) is 0 Å². The van der Waals surface area contributed by atoms with E-state index in [0.29, 0.717) is 13.3 Å². The predicted octanol–water partition coefficient (Wildman–Crippen LogP) is 0.534. The molecule has 0 saturated carbocycles. The second kappa shape index (κ2) is 5.70. The number of hydrogen-bond donors (Lipinski definition) is 0. The number of carbonyl (C=O) groups excluding carboxylic acids is 2. The number of carbonyl (C=O) groups is 2. The van der Waals surface area contributed by atoms with E-state index in [2.05, 4.69) is 0 Å². The van der Waals surface area contributed by atoms with E-state index >= 15 is 0 Å². The quantitative estimate of drug-likeness (QED) is 0.640. The molecule has 0 bridgehead atoms. The first-order chi connectivity index (χ1) is 7.09. The lowest BCUT2D eigenvalue weighted by atomic mass is 10.2. The van der Waals surface area contributed by atoms with E-state index in [0.717, 1.165) is 19.4 Å². The van der Waals surface area contributed by atoms with Crippen molar-refractivity contribution in [1.29, 1.82) is 0 Å². The van der Waals surface area contributed by atoms with E-state index in [-0.39, 0.29) is 18.0 Å². The molecule has 0 aliphatic carbocycles. The second-order valence-electron chi connectivity index (χ2n) is 3.68. The molecule has 1 saturated heterocycles. The van der Waals surface area contributed by atoms with Gasteiger partial charge in [-0.25, -0.2) is 0 Å². The molecule has 0 aromatic heterocycles. The van der Waals surface area contributed by atoms with Gasteiger partial charge in [-0.3, -0.25) is 14.5 Å². The summed E-state index contributed by atoms with van der Waals surface area (Å²) in [6.45, 7) is 4.35. The van der Waals surface area contributed by atoms with Crippen LogP contribution in [0.15, 0.2) is 0 Å². The Kier molecular flexibility index (Phi) is 4.55. The van der Waals surface area contributed by atoms with Crippen LogP contribution in [0.3, 0.4) is 0 Å². The Morgan fingerprint density at radius 1 is 1.27 bits per heavy atom. The maximum absolute atomic E-state index is 10.6. The highest BCUT2D eigenvalue weighted by Crippen LogP contribution is 2.17. The highest BCUT2D eigenvalue weighted by atomic mass is 16.5. The van der Waals surface area contributed by atoms with Gasteiger partial charge in [0.1, 0.15) is 13.3 Å². The van der Waals surface area contributed by atoms with Crippen molar-refractivity contribution in [3.8, 4) is 0 Å². The molecule has 1 rings (SSSR count). The van der Waals surface area contributed by atoms with Crippen LogP contribution in [0.4, 0.5) is 0 Å². The molecule has 1 fully saturated rings. The maximum Gasteiger partial charge on any atom is 0.303 e. The summed E-state index contributed by atoms with van der Waals surface area (Å²) in [4.78, 5) is 23.3. The largest absolute Gasteiger partial charge is 0.464 e. The molecule has 1 unspecified atom stereocenters. The minimum absolute atomic E-state index is 0.188. The Morgan fingerprint density at radius 3 is 2.53 bits per heavy atom. The molecule has 1 aliphatic heterocycles. The first-order valence-electron chi connectivity index (χ1n) is 5.10. The van der Waals surface area contributed by atoms with Gasteiger partial charge in [0.05, 0.1) is 0 Å². The summed E-state index contributed by atoms with van der Waals surface area (Å²) in [5.41, 5.74) is 0. The minimum atomic E-state index is -0.284. The summed E-state index contributed by atoms with van der Waals surface area (Å²) in [6.07, 6.45) is 2.03. The summed E-state index contributed by atoms with van der Waals surface area (Å²) >= 11 is 0. The fourth-order valence-corrected chi connectivity index (χ4v) is 1.64. The smallest absolute Gasteiger partial charge is 0.303 e. The zero-order valence-corrected chi connectivity index (χ0v) is 9.19. The Hall–Kier alpha value is -1.10. The Labute approximate surface area is 89.3 Å². The van der Waals surface area contributed by atoms with Crippen LogP contribution >= 0.6 is 0 Å². The first kappa shape index (κ1) is 12.0. The zero-order chi connectivity index (χ0) is 11.3. The number of nitrogens with zero attached hydrogens (tertiary/aromatic N) is 1. The van der Waals surface area contributed by atoms with Gasteiger partial charge in [-0.2, -0.15) is 0 Å². The van der Waals surface area contributed by atoms with Crippen molar-refractivity contribution >= 4 is 11.9 Å². The van der Waals surface area contributed by atoms with Crippen LogP contribution in [-0.2, 0) is 19.1 Å². The Balaban J connectivity index is 2.29. The van der Waals surface area contributed by atoms with Crippen molar-refractivity contribution < 1.29 is 19.1 Å². The number of ether oxygens (including phenoxy) is 2. The molecule has 0 aromatic rings. The second-order valence-corrected chi connectivity index (χ2v) is 3.68. The lowest BCUT2D eigenvalue weighted by Gasteiger charge is -2.22. The minimum Gasteiger partial charge on any atom is -0.464 e. The molecular formula is C10H17NO4. The summed E-state index contributed by atoms with van der Waals surface area (Å²) < 4.78 is 9.85. The normalized spacial score (nSPS) is 21.3. The van der Waals surface area contributed by atoms with Crippen LogP contribution in [0.5, 0.6) is 0 Å². The SMILES string of the molecule is CC(=O)OCC1CCCN1COC(C)=O. The van der Waals surface area contributed by atoms with E-state index in [1.165, 1.54) is 13.8 Å². The van der Waals surface area contributed by atoms with Crippen LogP contribution in [0.2, 0.25) is 0 Å². The molecular weight excluding hydrogens is 198 g/mol. The van der Waals surface area contributed by atoms with Gasteiger partial charge in [0.2, 0.25) is 0 Å². The molecule has 1 heterocycles. The van der Waals surface area contributed by atoms with Gasteiger partial charge in [0.15, 0.2) is 0 Å². The monoisotopic (exact) mass is 215 g/mol. The molecule has 0 radical (unpaired) electrons. The summed E-state index contributed by atoms with van der Waals surface area (Å²) in [6, 6.07) is 0.188. The third kappa shape index (κ3) is 4.29. The fourth-order valence-electron chi connectivity index (χ4n) is 1.64. The van der Waals surface area contributed by atoms with E-state index < -0.39 is 0 Å². The van der Waals surface area contributed by atoms with Crippen molar-refractivity contribution in [1.82, 2.24) is 4.90 Å². The van der Waals surface area contributed by atoms with Crippen LogP contribution in [0, 0.1) is 0 Å². The summed E-state index contributed by atoms with van der Waals surface area (Å²) in [7, 11) is 0. The lowest BCUT2D eigenvalue weighted by Crippen LogP contribution is -2.36. The third-order valence-electron chi connectivity index (χ3n) is 2.41. The van der Waals surface area contributed by atoms with Crippen molar-refractivity contribution in [3.63, 3.8) is 0 Å². The molecule has 0 amide bonds. The standard InChI is InChI=1S/C10H17NO4/c1-8(12)14-6-10-4-3-5-11(10)7-15-9(2)13/h10H,3-7H2,1-2H3.